The molecule has 60 valence electrons. The van der Waals surface area contributed by atoms with Crippen molar-refractivity contribution >= 4 is 6.20 Å². The third kappa shape index (κ3) is 0.985. The fourth-order valence-corrected chi connectivity index (χ4v) is 1.33. The van der Waals surface area contributed by atoms with Crippen molar-refractivity contribution in [2.24, 2.45) is 7.05 Å². The van der Waals surface area contributed by atoms with Crippen LogP contribution in [0.1, 0.15) is 17.2 Å². The second kappa shape index (κ2) is 2.53. The van der Waals surface area contributed by atoms with E-state index in [-0.39, 0.29) is 0 Å². The first-order valence-electron chi connectivity index (χ1n) is 3.76. The molecular weight excluding hydrogens is 136 g/mol. The number of aromatic nitrogens is 2. The Hall–Kier alpha value is -1.05. The summed E-state index contributed by atoms with van der Waals surface area (Å²) in [5.74, 6) is 1.22. The summed E-state index contributed by atoms with van der Waals surface area (Å²) < 4.78 is 4.26. The van der Waals surface area contributed by atoms with Gasteiger partial charge in [-0.3, -0.25) is 0 Å². The quantitative estimate of drug-likeness (QED) is 0.536. The van der Waals surface area contributed by atoms with E-state index in [9.17, 15) is 0 Å². The summed E-state index contributed by atoms with van der Waals surface area (Å²) in [5, 5.41) is 0. The summed E-state index contributed by atoms with van der Waals surface area (Å²) >= 11 is 0. The molecule has 0 saturated heterocycles. The van der Waals surface area contributed by atoms with Crippen molar-refractivity contribution in [1.82, 2.24) is 4.57 Å². The van der Waals surface area contributed by atoms with Gasteiger partial charge in [0, 0.05) is 20.8 Å². The van der Waals surface area contributed by atoms with Gasteiger partial charge in [-0.2, -0.15) is 0 Å². The first kappa shape index (κ1) is 8.05. The SMILES string of the molecule is C=Cn1c(C)c(C)[n+](C)c1C. The van der Waals surface area contributed by atoms with Gasteiger partial charge in [0.05, 0.1) is 13.2 Å². The highest BCUT2D eigenvalue weighted by molar-refractivity contribution is 5.24. The zero-order valence-corrected chi connectivity index (χ0v) is 7.68. The van der Waals surface area contributed by atoms with Gasteiger partial charge in [-0.25, -0.2) is 9.13 Å². The number of nitrogens with zero attached hydrogens (tertiary/aromatic N) is 2. The molecule has 0 unspecified atom stereocenters. The molecule has 1 rings (SSSR count). The van der Waals surface area contributed by atoms with Crippen LogP contribution in [0.25, 0.3) is 6.20 Å². The minimum absolute atomic E-state index is 1.22. The smallest absolute Gasteiger partial charge is 0.234 e. The normalized spacial score (nSPS) is 10.2. The van der Waals surface area contributed by atoms with Gasteiger partial charge in [-0.1, -0.05) is 6.58 Å². The van der Waals surface area contributed by atoms with Crippen molar-refractivity contribution in [3.05, 3.63) is 23.8 Å². The highest BCUT2D eigenvalue weighted by atomic mass is 15.1. The summed E-state index contributed by atoms with van der Waals surface area (Å²) in [4.78, 5) is 0. The van der Waals surface area contributed by atoms with E-state index in [2.05, 4.69) is 43.5 Å². The van der Waals surface area contributed by atoms with Crippen LogP contribution < -0.4 is 4.57 Å². The van der Waals surface area contributed by atoms with Crippen molar-refractivity contribution in [2.75, 3.05) is 0 Å². The minimum atomic E-state index is 1.22. The Morgan fingerprint density at radius 1 is 1.36 bits per heavy atom. The van der Waals surface area contributed by atoms with Crippen LogP contribution in [0.3, 0.4) is 0 Å². The molecule has 0 bridgehead atoms. The average Bonchev–Trinajstić information content (AvgIpc) is 2.17. The number of hydrogen-bond acceptors (Lipinski definition) is 0. The van der Waals surface area contributed by atoms with Crippen molar-refractivity contribution < 1.29 is 4.57 Å². The van der Waals surface area contributed by atoms with Crippen LogP contribution in [0.2, 0.25) is 0 Å². The maximum absolute atomic E-state index is 3.76. The summed E-state index contributed by atoms with van der Waals surface area (Å²) in [6.07, 6.45) is 1.84. The van der Waals surface area contributed by atoms with Gasteiger partial charge in [0.15, 0.2) is 0 Å². The Balaban J connectivity index is 3.47. The van der Waals surface area contributed by atoms with Crippen LogP contribution >= 0.6 is 0 Å². The molecule has 0 amide bonds. The lowest BCUT2D eigenvalue weighted by molar-refractivity contribution is -0.682. The molecule has 0 aliphatic rings. The predicted molar refractivity (Wildman–Crippen MR) is 46.2 cm³/mol. The van der Waals surface area contributed by atoms with Gasteiger partial charge in [-0.15, -0.1) is 0 Å². The number of hydrogen-bond donors (Lipinski definition) is 0. The third-order valence-corrected chi connectivity index (χ3v) is 2.40. The lowest BCUT2D eigenvalue weighted by Crippen LogP contribution is -2.32. The second-order valence-electron chi connectivity index (χ2n) is 2.83. The summed E-state index contributed by atoms with van der Waals surface area (Å²) in [6.45, 7) is 10.1. The molecule has 0 N–H and O–H groups in total. The van der Waals surface area contributed by atoms with E-state index in [4.69, 9.17) is 0 Å². The first-order chi connectivity index (χ1) is 5.09. The molecule has 2 nitrogen and oxygen atoms in total. The maximum atomic E-state index is 3.76. The molecule has 11 heavy (non-hydrogen) atoms. The van der Waals surface area contributed by atoms with E-state index < -0.39 is 0 Å². The summed E-state index contributed by atoms with van der Waals surface area (Å²) in [7, 11) is 2.07. The van der Waals surface area contributed by atoms with Gasteiger partial charge in [-0.05, 0) is 0 Å². The van der Waals surface area contributed by atoms with E-state index in [1.807, 2.05) is 6.20 Å². The largest absolute Gasteiger partial charge is 0.258 e. The van der Waals surface area contributed by atoms with Crippen molar-refractivity contribution in [3.8, 4) is 0 Å². The fraction of sp³-hybridized carbons (Fsp3) is 0.444. The lowest BCUT2D eigenvalue weighted by atomic mass is 10.4. The molecular formula is C9H15N2+. The van der Waals surface area contributed by atoms with Gasteiger partial charge in [0.1, 0.15) is 11.4 Å². The summed E-state index contributed by atoms with van der Waals surface area (Å²) in [6, 6.07) is 0. The molecule has 0 aromatic carbocycles. The molecule has 0 spiro atoms. The van der Waals surface area contributed by atoms with E-state index in [0.29, 0.717) is 0 Å². The van der Waals surface area contributed by atoms with Gasteiger partial charge in [0.2, 0.25) is 0 Å². The highest BCUT2D eigenvalue weighted by Gasteiger charge is 2.16. The highest BCUT2D eigenvalue weighted by Crippen LogP contribution is 2.06. The topological polar surface area (TPSA) is 8.81 Å². The lowest BCUT2D eigenvalue weighted by Gasteiger charge is -1.88. The maximum Gasteiger partial charge on any atom is 0.258 e. The van der Waals surface area contributed by atoms with Crippen molar-refractivity contribution in [3.63, 3.8) is 0 Å². The molecule has 0 radical (unpaired) electrons. The Labute approximate surface area is 67.8 Å². The van der Waals surface area contributed by atoms with Crippen molar-refractivity contribution in [2.45, 2.75) is 20.8 Å². The predicted octanol–water partition coefficient (Wildman–Crippen LogP) is 1.34. The average molecular weight is 151 g/mol. The second-order valence-corrected chi connectivity index (χ2v) is 2.83. The van der Waals surface area contributed by atoms with E-state index in [1.165, 1.54) is 17.2 Å². The van der Waals surface area contributed by atoms with E-state index in [1.54, 1.807) is 0 Å². The van der Waals surface area contributed by atoms with Gasteiger partial charge in [0.25, 0.3) is 5.82 Å². The van der Waals surface area contributed by atoms with Crippen LogP contribution in [0.15, 0.2) is 6.58 Å². The molecule has 0 fully saturated rings. The van der Waals surface area contributed by atoms with Crippen LogP contribution in [-0.4, -0.2) is 4.57 Å². The van der Waals surface area contributed by atoms with Crippen LogP contribution in [0.4, 0.5) is 0 Å². The van der Waals surface area contributed by atoms with Gasteiger partial charge < -0.3 is 0 Å². The Morgan fingerprint density at radius 3 is 2.09 bits per heavy atom. The summed E-state index contributed by atoms with van der Waals surface area (Å²) in [5.41, 5.74) is 2.56. The zero-order valence-electron chi connectivity index (χ0n) is 7.68. The Bertz CT molecular complexity index is 270. The number of rotatable bonds is 1. The van der Waals surface area contributed by atoms with Crippen molar-refractivity contribution in [1.29, 1.82) is 0 Å². The third-order valence-electron chi connectivity index (χ3n) is 2.40. The fourth-order valence-electron chi connectivity index (χ4n) is 1.33. The molecule has 0 aliphatic carbocycles. The van der Waals surface area contributed by atoms with Crippen LogP contribution in [0.5, 0.6) is 0 Å². The Kier molecular flexibility index (Phi) is 1.85. The molecule has 1 heterocycles. The molecule has 0 aliphatic heterocycles. The monoisotopic (exact) mass is 151 g/mol. The molecule has 1 aromatic rings. The molecule has 1 aromatic heterocycles. The van der Waals surface area contributed by atoms with E-state index in [0.717, 1.165) is 0 Å². The van der Waals surface area contributed by atoms with E-state index >= 15 is 0 Å². The molecule has 2 heteroatoms. The van der Waals surface area contributed by atoms with Crippen LogP contribution in [-0.2, 0) is 7.05 Å². The minimum Gasteiger partial charge on any atom is -0.234 e. The molecule has 0 atom stereocenters. The standard InChI is InChI=1S/C9H15N2/c1-6-11-8(3)7(2)10(5)9(11)4/h6H,1H2,2-5H3/q+1. The van der Waals surface area contributed by atoms with Gasteiger partial charge >= 0.3 is 0 Å². The first-order valence-corrected chi connectivity index (χ1v) is 3.76. The Morgan fingerprint density at radius 2 is 1.91 bits per heavy atom. The van der Waals surface area contributed by atoms with Crippen LogP contribution in [0, 0.1) is 20.8 Å². The molecule has 0 saturated carbocycles. The number of imidazole rings is 1. The zero-order chi connectivity index (χ0) is 8.59.